The van der Waals surface area contributed by atoms with Crippen LogP contribution in [0.15, 0.2) is 29.4 Å². The summed E-state index contributed by atoms with van der Waals surface area (Å²) in [7, 11) is 0. The first-order valence-corrected chi connectivity index (χ1v) is 13.4. The van der Waals surface area contributed by atoms with E-state index in [0.29, 0.717) is 19.8 Å². The molecule has 1 atom stereocenters. The van der Waals surface area contributed by atoms with Crippen molar-refractivity contribution in [2.75, 3.05) is 66.9 Å². The number of rotatable bonds is 8. The highest BCUT2D eigenvalue weighted by atomic mass is 32.2. The quantitative estimate of drug-likeness (QED) is 0.570. The lowest BCUT2D eigenvalue weighted by Gasteiger charge is -2.28. The lowest BCUT2D eigenvalue weighted by atomic mass is 10.1. The van der Waals surface area contributed by atoms with Crippen molar-refractivity contribution in [3.05, 3.63) is 24.3 Å². The number of carbonyl (C=O) groups is 1. The summed E-state index contributed by atoms with van der Waals surface area (Å²) in [4.78, 5) is 17.3. The molecule has 1 N–H and O–H groups in total. The monoisotopic (exact) mass is 486 g/mol. The van der Waals surface area contributed by atoms with Crippen LogP contribution in [0.1, 0.15) is 32.1 Å². The fraction of sp³-hybridized carbons (Fsp3) is 0.625. The van der Waals surface area contributed by atoms with Gasteiger partial charge in [0.05, 0.1) is 31.6 Å². The van der Waals surface area contributed by atoms with E-state index in [-0.39, 0.29) is 17.8 Å². The zero-order valence-corrected chi connectivity index (χ0v) is 20.5. The van der Waals surface area contributed by atoms with Crippen LogP contribution < -0.4 is 15.1 Å². The third-order valence-corrected chi connectivity index (χ3v) is 7.57. The Kier molecular flexibility index (Phi) is 7.87. The smallest absolute Gasteiger partial charge is 0.234 e. The number of amides is 1. The summed E-state index contributed by atoms with van der Waals surface area (Å²) in [6.45, 7) is 6.71. The Hall–Kier alpha value is -2.30. The molecule has 0 aliphatic carbocycles. The first-order chi connectivity index (χ1) is 16.8. The van der Waals surface area contributed by atoms with E-state index in [2.05, 4.69) is 42.0 Å². The van der Waals surface area contributed by atoms with Gasteiger partial charge in [-0.2, -0.15) is 0 Å². The first kappa shape index (κ1) is 23.4. The molecule has 0 bridgehead atoms. The largest absolute Gasteiger partial charge is 0.378 e. The molecule has 1 aromatic carbocycles. The zero-order chi connectivity index (χ0) is 23.2. The van der Waals surface area contributed by atoms with Crippen LogP contribution in [-0.2, 0) is 20.8 Å². The minimum atomic E-state index is -0.0460. The van der Waals surface area contributed by atoms with Gasteiger partial charge < -0.3 is 24.6 Å². The van der Waals surface area contributed by atoms with Gasteiger partial charge >= 0.3 is 0 Å². The summed E-state index contributed by atoms with van der Waals surface area (Å²) in [6.07, 6.45) is 6.11. The van der Waals surface area contributed by atoms with Gasteiger partial charge in [-0.1, -0.05) is 11.8 Å². The summed E-state index contributed by atoms with van der Waals surface area (Å²) < 4.78 is 13.5. The van der Waals surface area contributed by atoms with Crippen LogP contribution in [0.25, 0.3) is 0 Å². The third-order valence-electron chi connectivity index (χ3n) is 6.61. The Balaban J connectivity index is 1.19. The average Bonchev–Trinajstić information content (AvgIpc) is 3.55. The number of nitrogens with one attached hydrogen (secondary N) is 1. The van der Waals surface area contributed by atoms with Gasteiger partial charge in [-0.05, 0) is 56.4 Å². The van der Waals surface area contributed by atoms with Crippen molar-refractivity contribution in [3.63, 3.8) is 0 Å². The Morgan fingerprint density at radius 1 is 0.971 bits per heavy atom. The van der Waals surface area contributed by atoms with Crippen LogP contribution in [0.3, 0.4) is 0 Å². The van der Waals surface area contributed by atoms with E-state index in [0.717, 1.165) is 62.4 Å². The van der Waals surface area contributed by atoms with Gasteiger partial charge in [0.2, 0.25) is 11.9 Å². The molecule has 0 saturated carbocycles. The fourth-order valence-corrected chi connectivity index (χ4v) is 5.51. The first-order valence-electron chi connectivity index (χ1n) is 12.4. The molecule has 9 nitrogen and oxygen atoms in total. The number of carbonyl (C=O) groups excluding carboxylic acids is 1. The molecule has 3 fully saturated rings. The molecular weight excluding hydrogens is 452 g/mol. The van der Waals surface area contributed by atoms with E-state index in [1.807, 2.05) is 12.1 Å². The molecule has 3 saturated heterocycles. The molecule has 0 radical (unpaired) electrons. The summed E-state index contributed by atoms with van der Waals surface area (Å²) in [6, 6.07) is 8.17. The van der Waals surface area contributed by atoms with E-state index in [1.54, 1.807) is 0 Å². The Morgan fingerprint density at radius 3 is 2.50 bits per heavy atom. The van der Waals surface area contributed by atoms with Gasteiger partial charge in [0.15, 0.2) is 5.16 Å². The summed E-state index contributed by atoms with van der Waals surface area (Å²) in [5.74, 6) is 1.08. The van der Waals surface area contributed by atoms with Gasteiger partial charge in [0, 0.05) is 44.2 Å². The number of aromatic nitrogens is 3. The highest BCUT2D eigenvalue weighted by Gasteiger charge is 2.25. The highest BCUT2D eigenvalue weighted by molar-refractivity contribution is 7.99. The van der Waals surface area contributed by atoms with Crippen LogP contribution in [0.4, 0.5) is 17.3 Å². The summed E-state index contributed by atoms with van der Waals surface area (Å²) in [5, 5.41) is 12.7. The number of ether oxygens (including phenoxy) is 2. The molecule has 5 rings (SSSR count). The van der Waals surface area contributed by atoms with Gasteiger partial charge in [0.1, 0.15) is 0 Å². The highest BCUT2D eigenvalue weighted by Crippen LogP contribution is 2.26. The van der Waals surface area contributed by atoms with Crippen molar-refractivity contribution in [2.24, 2.45) is 0 Å². The lowest BCUT2D eigenvalue weighted by molar-refractivity contribution is -0.113. The third kappa shape index (κ3) is 5.84. The minimum Gasteiger partial charge on any atom is -0.378 e. The van der Waals surface area contributed by atoms with Crippen molar-refractivity contribution < 1.29 is 14.3 Å². The van der Waals surface area contributed by atoms with Crippen molar-refractivity contribution >= 4 is 35.0 Å². The predicted molar refractivity (Wildman–Crippen MR) is 134 cm³/mol. The fourth-order valence-electron chi connectivity index (χ4n) is 4.77. The van der Waals surface area contributed by atoms with Crippen LogP contribution in [0, 0.1) is 0 Å². The Bertz CT molecular complexity index is 935. The molecule has 34 heavy (non-hydrogen) atoms. The number of hydrogen-bond donors (Lipinski definition) is 1. The van der Waals surface area contributed by atoms with E-state index < -0.39 is 0 Å². The molecule has 3 aliphatic heterocycles. The number of anilines is 3. The summed E-state index contributed by atoms with van der Waals surface area (Å²) in [5.41, 5.74) is 2.05. The lowest BCUT2D eigenvalue weighted by Crippen LogP contribution is -2.38. The zero-order valence-electron chi connectivity index (χ0n) is 19.7. The van der Waals surface area contributed by atoms with Gasteiger partial charge in [-0.3, -0.25) is 9.36 Å². The van der Waals surface area contributed by atoms with Gasteiger partial charge in [-0.25, -0.2) is 0 Å². The topological polar surface area (TPSA) is 84.8 Å². The molecule has 2 aromatic rings. The second-order valence-corrected chi connectivity index (χ2v) is 10.0. The maximum Gasteiger partial charge on any atom is 0.234 e. The predicted octanol–water partition coefficient (Wildman–Crippen LogP) is 3.01. The van der Waals surface area contributed by atoms with Crippen molar-refractivity contribution in [1.29, 1.82) is 0 Å². The second-order valence-electron chi connectivity index (χ2n) is 9.06. The van der Waals surface area contributed by atoms with Gasteiger partial charge in [0.25, 0.3) is 0 Å². The van der Waals surface area contributed by atoms with Crippen molar-refractivity contribution in [1.82, 2.24) is 14.8 Å². The molecule has 1 amide bonds. The van der Waals surface area contributed by atoms with E-state index in [1.165, 1.54) is 36.7 Å². The number of benzene rings is 1. The molecule has 1 unspecified atom stereocenters. The molecule has 3 aliphatic rings. The van der Waals surface area contributed by atoms with Crippen LogP contribution in [0.2, 0.25) is 0 Å². The molecule has 10 heteroatoms. The maximum atomic E-state index is 12.7. The molecule has 4 heterocycles. The average molecular weight is 487 g/mol. The summed E-state index contributed by atoms with van der Waals surface area (Å²) >= 11 is 1.42. The molecule has 0 spiro atoms. The number of nitrogens with zero attached hydrogens (tertiary/aromatic N) is 5. The van der Waals surface area contributed by atoms with Crippen molar-refractivity contribution in [3.8, 4) is 0 Å². The molecule has 184 valence electrons. The SMILES string of the molecule is O=C(CSc1nnc(N2CCOCC2)n1CC1CCCO1)Nc1ccc(N2CCCCC2)cc1. The molecular formula is C24H34N6O3S. The van der Waals surface area contributed by atoms with E-state index in [9.17, 15) is 4.79 Å². The van der Waals surface area contributed by atoms with E-state index in [4.69, 9.17) is 9.47 Å². The van der Waals surface area contributed by atoms with Crippen LogP contribution in [0.5, 0.6) is 0 Å². The number of piperidine rings is 1. The van der Waals surface area contributed by atoms with Gasteiger partial charge in [-0.15, -0.1) is 10.2 Å². The van der Waals surface area contributed by atoms with Crippen LogP contribution in [-0.4, -0.2) is 78.5 Å². The van der Waals surface area contributed by atoms with E-state index >= 15 is 0 Å². The minimum absolute atomic E-state index is 0.0460. The van der Waals surface area contributed by atoms with Crippen molar-refractivity contribution in [2.45, 2.75) is 49.9 Å². The van der Waals surface area contributed by atoms with Crippen LogP contribution >= 0.6 is 11.8 Å². The number of hydrogen-bond acceptors (Lipinski definition) is 8. The Morgan fingerprint density at radius 2 is 1.76 bits per heavy atom. The number of morpholine rings is 1. The number of thioether (sulfide) groups is 1. The second kappa shape index (κ2) is 11.4. The molecule has 1 aromatic heterocycles. The standard InChI is InChI=1S/C24H34N6O3S/c31-22(25-19-6-8-20(9-7-19)28-10-2-1-3-11-28)18-34-24-27-26-23(29-12-15-32-16-13-29)30(24)17-21-5-4-14-33-21/h6-9,21H,1-5,10-18H2,(H,25,31). The normalized spacial score (nSPS) is 21.1. The Labute approximate surface area is 205 Å². The maximum absolute atomic E-state index is 12.7.